The fourth-order valence-corrected chi connectivity index (χ4v) is 3.64. The zero-order valence-electron chi connectivity index (χ0n) is 15.2. The summed E-state index contributed by atoms with van der Waals surface area (Å²) in [7, 11) is 0. The van der Waals surface area contributed by atoms with Crippen molar-refractivity contribution in [1.29, 1.82) is 0 Å². The first-order valence-electron chi connectivity index (χ1n) is 9.05. The van der Waals surface area contributed by atoms with E-state index in [1.54, 1.807) is 0 Å². The van der Waals surface area contributed by atoms with Crippen molar-refractivity contribution in [3.8, 4) is 0 Å². The van der Waals surface area contributed by atoms with Crippen LogP contribution in [0.3, 0.4) is 0 Å². The van der Waals surface area contributed by atoms with Gasteiger partial charge in [-0.1, -0.05) is 29.1 Å². The number of hydrogen-bond acceptors (Lipinski definition) is 3. The van der Waals surface area contributed by atoms with Crippen molar-refractivity contribution in [3.63, 3.8) is 0 Å². The number of Topliss-reactive ketones (excluding diaryl/α,β-unsaturated/α-hetero) is 1. The van der Waals surface area contributed by atoms with Crippen LogP contribution in [0.1, 0.15) is 24.8 Å². The summed E-state index contributed by atoms with van der Waals surface area (Å²) in [6, 6.07) is 5.82. The van der Waals surface area contributed by atoms with Crippen molar-refractivity contribution in [1.82, 2.24) is 0 Å². The molecule has 1 aromatic rings. The van der Waals surface area contributed by atoms with Crippen LogP contribution in [0, 0.1) is 5.92 Å². The van der Waals surface area contributed by atoms with Crippen molar-refractivity contribution < 1.29 is 18.0 Å². The lowest BCUT2D eigenvalue weighted by atomic mass is 9.97. The number of carbonyl (C=O) groups is 1. The number of halogens is 4. The molecule has 0 spiro atoms. The number of nitrogens with zero attached hydrogens (tertiary/aromatic N) is 1. The summed E-state index contributed by atoms with van der Waals surface area (Å²) in [6.07, 6.45) is -0.525. The van der Waals surface area contributed by atoms with E-state index in [1.807, 2.05) is 23.9 Å². The SMILES string of the molecule is NCc1ccc(N2CCC(CCC(=O)C3=C=C=C(C(F)(F)F)C=C3)C2)cc1Cl. The number of ketones is 1. The fraction of sp³-hybridized carbons (Fsp3) is 0.381. The maximum absolute atomic E-state index is 12.6. The molecule has 1 unspecified atom stereocenters. The molecule has 0 bridgehead atoms. The number of rotatable bonds is 6. The van der Waals surface area contributed by atoms with Gasteiger partial charge < -0.3 is 10.6 Å². The topological polar surface area (TPSA) is 46.3 Å². The third-order valence-corrected chi connectivity index (χ3v) is 5.39. The Hall–Kier alpha value is -2.23. The molecule has 1 heterocycles. The van der Waals surface area contributed by atoms with E-state index in [9.17, 15) is 18.0 Å². The van der Waals surface area contributed by atoms with E-state index in [0.29, 0.717) is 23.9 Å². The monoisotopic (exact) mass is 408 g/mol. The lowest BCUT2D eigenvalue weighted by Gasteiger charge is -2.19. The summed E-state index contributed by atoms with van der Waals surface area (Å²) in [4.78, 5) is 14.5. The van der Waals surface area contributed by atoms with Crippen LogP contribution in [0.15, 0.2) is 53.0 Å². The molecule has 0 radical (unpaired) electrons. The highest BCUT2D eigenvalue weighted by Gasteiger charge is 2.32. The first kappa shape index (κ1) is 20.5. The predicted molar refractivity (Wildman–Crippen MR) is 103 cm³/mol. The molecule has 1 aliphatic heterocycles. The Morgan fingerprint density at radius 1 is 1.29 bits per heavy atom. The molecule has 3 nitrogen and oxygen atoms in total. The highest BCUT2D eigenvalue weighted by atomic mass is 35.5. The minimum absolute atomic E-state index is 0.145. The number of nitrogens with two attached hydrogens (primary N) is 1. The summed E-state index contributed by atoms with van der Waals surface area (Å²) >= 11 is 6.23. The standard InChI is InChI=1S/C21H20ClF3N2O/c22-19-11-18(7-4-16(19)12-26)27-10-9-14(13-27)1-8-20(28)15-2-5-17(6-3-15)21(23,24)25/h2,4-5,7,11,14H,1,8-10,12-13,26H2. The molecular weight excluding hydrogens is 389 g/mol. The lowest BCUT2D eigenvalue weighted by molar-refractivity contribution is -0.115. The predicted octanol–water partition coefficient (Wildman–Crippen LogP) is 4.71. The van der Waals surface area contributed by atoms with Crippen LogP contribution in [0.4, 0.5) is 18.9 Å². The number of benzene rings is 1. The maximum atomic E-state index is 12.6. The molecule has 2 N–H and O–H groups in total. The summed E-state index contributed by atoms with van der Waals surface area (Å²) in [5.74, 6) is 0.133. The average Bonchev–Trinajstić information content (AvgIpc) is 3.14. The minimum atomic E-state index is -4.48. The van der Waals surface area contributed by atoms with Gasteiger partial charge in [-0.2, -0.15) is 13.2 Å². The van der Waals surface area contributed by atoms with Gasteiger partial charge in [0.2, 0.25) is 0 Å². The van der Waals surface area contributed by atoms with Gasteiger partial charge in [0.15, 0.2) is 5.78 Å². The van der Waals surface area contributed by atoms with Crippen molar-refractivity contribution in [2.75, 3.05) is 18.0 Å². The fourth-order valence-electron chi connectivity index (χ4n) is 3.38. The molecule has 148 valence electrons. The number of anilines is 1. The van der Waals surface area contributed by atoms with Crippen molar-refractivity contribution in [2.24, 2.45) is 11.7 Å². The molecule has 28 heavy (non-hydrogen) atoms. The molecule has 1 atom stereocenters. The number of alkyl halides is 3. The second-order valence-corrected chi connectivity index (χ2v) is 7.36. The second-order valence-electron chi connectivity index (χ2n) is 6.95. The normalized spacial score (nSPS) is 19.0. The Balaban J connectivity index is 1.56. The van der Waals surface area contributed by atoms with Gasteiger partial charge in [-0.05, 0) is 48.6 Å². The van der Waals surface area contributed by atoms with E-state index in [2.05, 4.69) is 10.6 Å². The molecule has 1 aromatic carbocycles. The zero-order chi connectivity index (χ0) is 20.3. The summed E-state index contributed by atoms with van der Waals surface area (Å²) in [6.45, 7) is 2.08. The quantitative estimate of drug-likeness (QED) is 0.693. The van der Waals surface area contributed by atoms with Gasteiger partial charge in [0.25, 0.3) is 0 Å². The highest BCUT2D eigenvalue weighted by molar-refractivity contribution is 6.31. The third kappa shape index (κ3) is 4.78. The molecule has 2 aliphatic rings. The number of carbonyl (C=O) groups excluding carboxylic acids is 1. The molecule has 1 aliphatic carbocycles. The molecule has 0 aromatic heterocycles. The first-order chi connectivity index (χ1) is 13.3. The third-order valence-electron chi connectivity index (χ3n) is 5.04. The van der Waals surface area contributed by atoms with Crippen LogP contribution < -0.4 is 10.6 Å². The summed E-state index contributed by atoms with van der Waals surface area (Å²) in [5, 5.41) is 0.646. The van der Waals surface area contributed by atoms with Crippen LogP contribution in [-0.2, 0) is 11.3 Å². The van der Waals surface area contributed by atoms with Gasteiger partial charge in [0.1, 0.15) is 5.57 Å². The van der Waals surface area contributed by atoms with E-state index < -0.39 is 11.7 Å². The highest BCUT2D eigenvalue weighted by Crippen LogP contribution is 2.30. The van der Waals surface area contributed by atoms with Crippen LogP contribution in [-0.4, -0.2) is 25.0 Å². The largest absolute Gasteiger partial charge is 0.424 e. The Labute approximate surface area is 166 Å². The molecule has 1 saturated heterocycles. The lowest BCUT2D eigenvalue weighted by Crippen LogP contribution is -2.20. The number of allylic oxidation sites excluding steroid dienone is 4. The molecule has 1 fully saturated rings. The zero-order valence-corrected chi connectivity index (χ0v) is 15.9. The van der Waals surface area contributed by atoms with Crippen LogP contribution in [0.25, 0.3) is 0 Å². The molecule has 0 amide bonds. The van der Waals surface area contributed by atoms with E-state index in [-0.39, 0.29) is 17.8 Å². The van der Waals surface area contributed by atoms with Gasteiger partial charge in [0.05, 0.1) is 5.57 Å². The Morgan fingerprint density at radius 2 is 2.07 bits per heavy atom. The second kappa shape index (κ2) is 8.42. The average molecular weight is 409 g/mol. The van der Waals surface area contributed by atoms with Gasteiger partial charge in [-0.3, -0.25) is 4.79 Å². The maximum Gasteiger partial charge on any atom is 0.424 e. The van der Waals surface area contributed by atoms with Crippen molar-refractivity contribution in [3.05, 3.63) is 63.5 Å². The van der Waals surface area contributed by atoms with Crippen LogP contribution >= 0.6 is 11.6 Å². The molecular formula is C21H20ClF3N2O. The Bertz CT molecular complexity index is 907. The summed E-state index contributed by atoms with van der Waals surface area (Å²) < 4.78 is 37.7. The Kier molecular flexibility index (Phi) is 6.17. The first-order valence-corrected chi connectivity index (χ1v) is 9.43. The van der Waals surface area contributed by atoms with E-state index in [0.717, 1.165) is 36.8 Å². The van der Waals surface area contributed by atoms with Crippen LogP contribution in [0.2, 0.25) is 5.02 Å². The van der Waals surface area contributed by atoms with Gasteiger partial charge in [-0.25, -0.2) is 0 Å². The van der Waals surface area contributed by atoms with Gasteiger partial charge >= 0.3 is 6.18 Å². The van der Waals surface area contributed by atoms with Gasteiger partial charge in [0, 0.05) is 36.8 Å². The van der Waals surface area contributed by atoms with Crippen LogP contribution in [0.5, 0.6) is 0 Å². The van der Waals surface area contributed by atoms with E-state index in [4.69, 9.17) is 17.3 Å². The molecule has 7 heteroatoms. The molecule has 3 rings (SSSR count). The van der Waals surface area contributed by atoms with Crippen molar-refractivity contribution >= 4 is 23.1 Å². The Morgan fingerprint density at radius 3 is 2.68 bits per heavy atom. The minimum Gasteiger partial charge on any atom is -0.371 e. The molecule has 0 saturated carbocycles. The van der Waals surface area contributed by atoms with Crippen molar-refractivity contribution in [2.45, 2.75) is 32.0 Å². The van der Waals surface area contributed by atoms with E-state index >= 15 is 0 Å². The summed E-state index contributed by atoms with van der Waals surface area (Å²) in [5.41, 5.74) is 11.2. The van der Waals surface area contributed by atoms with Gasteiger partial charge in [-0.15, -0.1) is 0 Å². The number of hydrogen-bond donors (Lipinski definition) is 1. The smallest absolute Gasteiger partial charge is 0.371 e. The van der Waals surface area contributed by atoms with E-state index in [1.165, 1.54) is 6.08 Å².